The Morgan fingerprint density at radius 2 is 1.92 bits per heavy atom. The molecule has 1 amide bonds. The van der Waals surface area contributed by atoms with Crippen molar-refractivity contribution in [2.24, 2.45) is 0 Å². The number of halogens is 1. The Hall–Kier alpha value is -2.40. The van der Waals surface area contributed by atoms with E-state index in [1.165, 1.54) is 6.07 Å². The third kappa shape index (κ3) is 3.82. The van der Waals surface area contributed by atoms with E-state index in [0.29, 0.717) is 13.1 Å². The molecular weight excluding hydrogens is 319 g/mol. The average molecular weight is 342 g/mol. The summed E-state index contributed by atoms with van der Waals surface area (Å²) in [4.78, 5) is 14.4. The van der Waals surface area contributed by atoms with Gasteiger partial charge in [0.15, 0.2) is 0 Å². The molecule has 0 spiro atoms. The van der Waals surface area contributed by atoms with Gasteiger partial charge in [0.2, 0.25) is 0 Å². The molecule has 5 heteroatoms. The molecular formula is C20H23FN2O2. The number of benzene rings is 2. The highest BCUT2D eigenvalue weighted by atomic mass is 19.1. The van der Waals surface area contributed by atoms with Gasteiger partial charge in [0, 0.05) is 19.1 Å². The lowest BCUT2D eigenvalue weighted by atomic mass is 10.0. The first-order valence-electron chi connectivity index (χ1n) is 8.53. The Morgan fingerprint density at radius 3 is 2.56 bits per heavy atom. The number of likely N-dealkylation sites (tertiary alicyclic amines) is 1. The number of hydrogen-bond donors (Lipinski definition) is 1. The van der Waals surface area contributed by atoms with Crippen molar-refractivity contribution in [1.29, 1.82) is 0 Å². The van der Waals surface area contributed by atoms with E-state index < -0.39 is 5.82 Å². The first-order valence-corrected chi connectivity index (χ1v) is 8.53. The number of ether oxygens (including phenoxy) is 1. The molecule has 1 aliphatic heterocycles. The molecule has 2 aromatic rings. The van der Waals surface area contributed by atoms with Crippen molar-refractivity contribution >= 4 is 5.91 Å². The van der Waals surface area contributed by atoms with Crippen LogP contribution in [-0.4, -0.2) is 44.1 Å². The zero-order valence-electron chi connectivity index (χ0n) is 14.6. The number of likely N-dealkylation sites (N-methyl/N-ethyl adjacent to an activating group) is 1. The molecule has 1 unspecified atom stereocenters. The predicted molar refractivity (Wildman–Crippen MR) is 96.4 cm³/mol. The number of hydrogen-bond acceptors (Lipinski definition) is 3. The molecule has 1 fully saturated rings. The molecule has 0 aliphatic carbocycles. The van der Waals surface area contributed by atoms with Gasteiger partial charge in [0.25, 0.3) is 5.91 Å². The molecule has 0 bridgehead atoms. The van der Waals surface area contributed by atoms with Crippen LogP contribution in [0.25, 0.3) is 11.1 Å². The van der Waals surface area contributed by atoms with Crippen LogP contribution in [0.3, 0.4) is 0 Å². The van der Waals surface area contributed by atoms with Gasteiger partial charge in [0.05, 0.1) is 12.7 Å². The third-order valence-electron chi connectivity index (χ3n) is 4.74. The maximum absolute atomic E-state index is 14.6. The number of nitrogens with zero attached hydrogens (tertiary/aromatic N) is 1. The lowest BCUT2D eigenvalue weighted by Crippen LogP contribution is -2.47. The second-order valence-corrected chi connectivity index (χ2v) is 6.30. The summed E-state index contributed by atoms with van der Waals surface area (Å²) in [6.45, 7) is 1.30. The SMILES string of the molecule is CNC1CCCN(C(=O)c2ccc(-c3ccc(OC)cc3)cc2F)C1. The van der Waals surface area contributed by atoms with Gasteiger partial charge < -0.3 is 15.0 Å². The molecule has 1 saturated heterocycles. The van der Waals surface area contributed by atoms with Gasteiger partial charge in [-0.2, -0.15) is 0 Å². The molecule has 3 rings (SSSR count). The van der Waals surface area contributed by atoms with Crippen LogP contribution in [0.1, 0.15) is 23.2 Å². The Kier molecular flexibility index (Phi) is 5.34. The highest BCUT2D eigenvalue weighted by Gasteiger charge is 2.25. The first-order chi connectivity index (χ1) is 12.1. The Labute approximate surface area is 147 Å². The van der Waals surface area contributed by atoms with Crippen molar-refractivity contribution in [3.63, 3.8) is 0 Å². The zero-order chi connectivity index (χ0) is 17.8. The van der Waals surface area contributed by atoms with Gasteiger partial charge in [-0.25, -0.2) is 4.39 Å². The Balaban J connectivity index is 1.80. The summed E-state index contributed by atoms with van der Waals surface area (Å²) in [7, 11) is 3.50. The number of piperidine rings is 1. The normalized spacial score (nSPS) is 17.4. The monoisotopic (exact) mass is 342 g/mol. The number of carbonyl (C=O) groups is 1. The van der Waals surface area contributed by atoms with Gasteiger partial charge in [0.1, 0.15) is 11.6 Å². The van der Waals surface area contributed by atoms with Crippen LogP contribution < -0.4 is 10.1 Å². The quantitative estimate of drug-likeness (QED) is 0.927. The van der Waals surface area contributed by atoms with Crippen LogP contribution >= 0.6 is 0 Å². The van der Waals surface area contributed by atoms with E-state index in [1.807, 2.05) is 31.3 Å². The van der Waals surface area contributed by atoms with Crippen molar-refractivity contribution in [2.75, 3.05) is 27.2 Å². The summed E-state index contributed by atoms with van der Waals surface area (Å²) in [5.74, 6) is 0.0313. The van der Waals surface area contributed by atoms with Gasteiger partial charge in [-0.15, -0.1) is 0 Å². The first kappa shape index (κ1) is 17.4. The molecule has 25 heavy (non-hydrogen) atoms. The molecule has 1 atom stereocenters. The molecule has 1 heterocycles. The standard InChI is InChI=1S/C20H23FN2O2/c1-22-16-4-3-11-23(13-16)20(24)18-10-7-15(12-19(18)21)14-5-8-17(25-2)9-6-14/h5-10,12,16,22H,3-4,11,13H2,1-2H3. The van der Waals surface area contributed by atoms with Crippen LogP contribution in [0.2, 0.25) is 0 Å². The maximum Gasteiger partial charge on any atom is 0.256 e. The minimum Gasteiger partial charge on any atom is -0.497 e. The van der Waals surface area contributed by atoms with E-state index in [0.717, 1.165) is 29.7 Å². The van der Waals surface area contributed by atoms with Crippen molar-refractivity contribution in [3.05, 3.63) is 53.8 Å². The van der Waals surface area contributed by atoms with Crippen LogP contribution in [-0.2, 0) is 0 Å². The topological polar surface area (TPSA) is 41.6 Å². The minimum atomic E-state index is -0.482. The van der Waals surface area contributed by atoms with Crippen LogP contribution in [0, 0.1) is 5.82 Å². The zero-order valence-corrected chi connectivity index (χ0v) is 14.6. The second kappa shape index (κ2) is 7.66. The number of nitrogens with one attached hydrogen (secondary N) is 1. The maximum atomic E-state index is 14.6. The summed E-state index contributed by atoms with van der Waals surface area (Å²) >= 11 is 0. The summed E-state index contributed by atoms with van der Waals surface area (Å²) in [5.41, 5.74) is 1.75. The lowest BCUT2D eigenvalue weighted by molar-refractivity contribution is 0.0693. The van der Waals surface area contributed by atoms with Gasteiger partial charge >= 0.3 is 0 Å². The van der Waals surface area contributed by atoms with Crippen molar-refractivity contribution < 1.29 is 13.9 Å². The second-order valence-electron chi connectivity index (χ2n) is 6.30. The van der Waals surface area contributed by atoms with E-state index in [2.05, 4.69) is 5.32 Å². The fourth-order valence-corrected chi connectivity index (χ4v) is 3.22. The summed E-state index contributed by atoms with van der Waals surface area (Å²) in [6.07, 6.45) is 1.97. The smallest absolute Gasteiger partial charge is 0.256 e. The highest BCUT2D eigenvalue weighted by Crippen LogP contribution is 2.25. The fourth-order valence-electron chi connectivity index (χ4n) is 3.22. The van der Waals surface area contributed by atoms with Crippen molar-refractivity contribution in [2.45, 2.75) is 18.9 Å². The van der Waals surface area contributed by atoms with Crippen molar-refractivity contribution in [1.82, 2.24) is 10.2 Å². The number of methoxy groups -OCH3 is 1. The van der Waals surface area contributed by atoms with E-state index in [-0.39, 0.29) is 17.5 Å². The molecule has 4 nitrogen and oxygen atoms in total. The number of carbonyl (C=O) groups excluding carboxylic acids is 1. The molecule has 0 radical (unpaired) electrons. The highest BCUT2D eigenvalue weighted by molar-refractivity contribution is 5.95. The van der Waals surface area contributed by atoms with Gasteiger partial charge in [-0.05, 0) is 55.3 Å². The van der Waals surface area contributed by atoms with Gasteiger partial charge in [-0.3, -0.25) is 4.79 Å². The summed E-state index contributed by atoms with van der Waals surface area (Å²) in [6, 6.07) is 12.5. The summed E-state index contributed by atoms with van der Waals surface area (Å²) in [5, 5.41) is 3.20. The van der Waals surface area contributed by atoms with E-state index in [1.54, 1.807) is 24.1 Å². The predicted octanol–water partition coefficient (Wildman–Crippen LogP) is 3.33. The van der Waals surface area contributed by atoms with Crippen LogP contribution in [0.4, 0.5) is 4.39 Å². The lowest BCUT2D eigenvalue weighted by Gasteiger charge is -2.32. The molecule has 1 aliphatic rings. The number of amides is 1. The van der Waals surface area contributed by atoms with E-state index in [4.69, 9.17) is 4.74 Å². The molecule has 0 aromatic heterocycles. The third-order valence-corrected chi connectivity index (χ3v) is 4.74. The van der Waals surface area contributed by atoms with Gasteiger partial charge in [-0.1, -0.05) is 18.2 Å². The largest absolute Gasteiger partial charge is 0.497 e. The average Bonchev–Trinajstić information content (AvgIpc) is 2.67. The van der Waals surface area contributed by atoms with E-state index in [9.17, 15) is 9.18 Å². The van der Waals surface area contributed by atoms with Crippen LogP contribution in [0.15, 0.2) is 42.5 Å². The minimum absolute atomic E-state index is 0.133. The van der Waals surface area contributed by atoms with Crippen molar-refractivity contribution in [3.8, 4) is 16.9 Å². The molecule has 132 valence electrons. The fraction of sp³-hybridized carbons (Fsp3) is 0.350. The van der Waals surface area contributed by atoms with E-state index >= 15 is 0 Å². The Morgan fingerprint density at radius 1 is 1.20 bits per heavy atom. The Bertz CT molecular complexity index is 746. The molecule has 1 N–H and O–H groups in total. The molecule has 2 aromatic carbocycles. The molecule has 0 saturated carbocycles. The number of rotatable bonds is 4. The van der Waals surface area contributed by atoms with Crippen LogP contribution in [0.5, 0.6) is 5.75 Å². The summed E-state index contributed by atoms with van der Waals surface area (Å²) < 4.78 is 19.7.